The molecule has 0 aliphatic carbocycles. The van der Waals surface area contributed by atoms with Crippen molar-refractivity contribution in [1.29, 1.82) is 0 Å². The second kappa shape index (κ2) is 11.1. The van der Waals surface area contributed by atoms with E-state index in [1.54, 1.807) is 6.33 Å². The zero-order valence-corrected chi connectivity index (χ0v) is 19.4. The number of thioether (sulfide) groups is 1. The van der Waals surface area contributed by atoms with Crippen molar-refractivity contribution >= 4 is 17.7 Å². The molecule has 2 aromatic carbocycles. The summed E-state index contributed by atoms with van der Waals surface area (Å²) in [6.07, 6.45) is 1.87. The number of carbonyl (C=O) groups excluding carboxylic acids is 1. The third-order valence-corrected chi connectivity index (χ3v) is 5.69. The van der Waals surface area contributed by atoms with E-state index in [-0.39, 0.29) is 17.8 Å². The van der Waals surface area contributed by atoms with Crippen LogP contribution in [-0.4, -0.2) is 32.5 Å². The van der Waals surface area contributed by atoms with Gasteiger partial charge in [0.05, 0.1) is 18.5 Å². The molecule has 1 amide bonds. The monoisotopic (exact) mass is 438 g/mol. The molecule has 0 bridgehead atoms. The second-order valence-electron chi connectivity index (χ2n) is 7.97. The van der Waals surface area contributed by atoms with Gasteiger partial charge >= 0.3 is 0 Å². The molecule has 0 spiro atoms. The summed E-state index contributed by atoms with van der Waals surface area (Å²) in [6, 6.07) is 16.4. The van der Waals surface area contributed by atoms with Crippen LogP contribution in [0.5, 0.6) is 0 Å². The highest BCUT2D eigenvalue weighted by atomic mass is 32.2. The van der Waals surface area contributed by atoms with Crippen LogP contribution < -0.4 is 5.32 Å². The van der Waals surface area contributed by atoms with Crippen molar-refractivity contribution in [2.45, 2.75) is 58.0 Å². The van der Waals surface area contributed by atoms with Crippen molar-refractivity contribution in [3.05, 3.63) is 71.5 Å². The lowest BCUT2D eigenvalue weighted by Gasteiger charge is -2.10. The molecule has 1 aromatic heterocycles. The number of nitrogens with zero attached hydrogens (tertiary/aromatic N) is 3. The molecule has 7 heteroatoms. The first-order valence-electron chi connectivity index (χ1n) is 10.5. The molecule has 3 rings (SSSR count). The normalized spacial score (nSPS) is 11.3. The summed E-state index contributed by atoms with van der Waals surface area (Å²) in [5.41, 5.74) is 4.42. The van der Waals surface area contributed by atoms with Gasteiger partial charge in [-0.25, -0.2) is 0 Å². The maximum Gasteiger partial charge on any atom is 0.230 e. The Bertz CT molecular complexity index is 983. The Hall–Kier alpha value is -2.64. The molecule has 6 nitrogen and oxygen atoms in total. The van der Waals surface area contributed by atoms with Crippen molar-refractivity contribution in [3.8, 4) is 5.69 Å². The minimum absolute atomic E-state index is 0.0430. The number of aromatic nitrogens is 3. The summed E-state index contributed by atoms with van der Waals surface area (Å²) in [5.74, 6) is 0.716. The molecule has 0 fully saturated rings. The van der Waals surface area contributed by atoms with Crippen molar-refractivity contribution in [1.82, 2.24) is 20.1 Å². The Morgan fingerprint density at radius 3 is 2.55 bits per heavy atom. The maximum atomic E-state index is 12.4. The van der Waals surface area contributed by atoms with Gasteiger partial charge in [0.2, 0.25) is 5.91 Å². The van der Waals surface area contributed by atoms with Crippen molar-refractivity contribution in [2.24, 2.45) is 0 Å². The average Bonchev–Trinajstić information content (AvgIpc) is 3.24. The average molecular weight is 439 g/mol. The summed E-state index contributed by atoms with van der Waals surface area (Å²) in [4.78, 5) is 12.4. The maximum absolute atomic E-state index is 12.4. The van der Waals surface area contributed by atoms with Crippen LogP contribution in [0, 0.1) is 0 Å². The van der Waals surface area contributed by atoms with Crippen LogP contribution in [0.3, 0.4) is 0 Å². The minimum atomic E-state index is -0.0430. The predicted molar refractivity (Wildman–Crippen MR) is 124 cm³/mol. The van der Waals surface area contributed by atoms with Gasteiger partial charge in [-0.2, -0.15) is 0 Å². The van der Waals surface area contributed by atoms with Gasteiger partial charge in [0, 0.05) is 12.2 Å². The van der Waals surface area contributed by atoms with Crippen molar-refractivity contribution in [3.63, 3.8) is 0 Å². The molecule has 1 N–H and O–H groups in total. The van der Waals surface area contributed by atoms with E-state index in [1.807, 2.05) is 36.6 Å². The highest BCUT2D eigenvalue weighted by molar-refractivity contribution is 7.99. The van der Waals surface area contributed by atoms with Gasteiger partial charge in [-0.1, -0.05) is 62.0 Å². The molecule has 3 aromatic rings. The molecule has 0 saturated carbocycles. The second-order valence-corrected chi connectivity index (χ2v) is 8.92. The Morgan fingerprint density at radius 2 is 1.84 bits per heavy atom. The molecule has 1 heterocycles. The van der Waals surface area contributed by atoms with E-state index >= 15 is 0 Å². The first-order chi connectivity index (χ1) is 14.9. The van der Waals surface area contributed by atoms with E-state index in [0.717, 1.165) is 16.8 Å². The zero-order chi connectivity index (χ0) is 22.2. The SMILES string of the molecule is CC(C)OCc1cccc(CNC(=O)CSc2nncn2-c2ccc(C(C)C)cc2)c1. The predicted octanol–water partition coefficient (Wildman–Crippen LogP) is 4.72. The first-order valence-corrected chi connectivity index (χ1v) is 11.5. The van der Waals surface area contributed by atoms with Gasteiger partial charge in [0.15, 0.2) is 5.16 Å². The summed E-state index contributed by atoms with van der Waals surface area (Å²) in [6.45, 7) is 9.43. The lowest BCUT2D eigenvalue weighted by Crippen LogP contribution is -2.24. The number of amides is 1. The van der Waals surface area contributed by atoms with E-state index in [4.69, 9.17) is 4.74 Å². The van der Waals surface area contributed by atoms with Crippen LogP contribution in [0.2, 0.25) is 0 Å². The van der Waals surface area contributed by atoms with E-state index in [1.165, 1.54) is 17.3 Å². The third-order valence-electron chi connectivity index (χ3n) is 4.75. The van der Waals surface area contributed by atoms with Gasteiger partial charge in [-0.15, -0.1) is 10.2 Å². The quantitative estimate of drug-likeness (QED) is 0.464. The fourth-order valence-electron chi connectivity index (χ4n) is 2.99. The molecule has 0 saturated heterocycles. The topological polar surface area (TPSA) is 69.0 Å². The van der Waals surface area contributed by atoms with Gasteiger partial charge in [-0.3, -0.25) is 9.36 Å². The molecule has 0 atom stereocenters. The first kappa shape index (κ1) is 23.0. The number of benzene rings is 2. The number of hydrogen-bond acceptors (Lipinski definition) is 5. The Kier molecular flexibility index (Phi) is 8.26. The summed E-state index contributed by atoms with van der Waals surface area (Å²) < 4.78 is 7.55. The number of carbonyl (C=O) groups is 1. The van der Waals surface area contributed by atoms with E-state index in [2.05, 4.69) is 59.7 Å². The molecule has 0 radical (unpaired) electrons. The number of rotatable bonds is 10. The summed E-state index contributed by atoms with van der Waals surface area (Å²) >= 11 is 1.37. The van der Waals surface area contributed by atoms with Gasteiger partial charge in [0.25, 0.3) is 0 Å². The fourth-order valence-corrected chi connectivity index (χ4v) is 3.75. The molecular weight excluding hydrogens is 408 g/mol. The molecule has 0 aliphatic heterocycles. The van der Waals surface area contributed by atoms with Gasteiger partial charge in [0.1, 0.15) is 6.33 Å². The summed E-state index contributed by atoms with van der Waals surface area (Å²) in [5, 5.41) is 11.9. The molecule has 0 aliphatic rings. The highest BCUT2D eigenvalue weighted by Gasteiger charge is 2.11. The Labute approximate surface area is 188 Å². The van der Waals surface area contributed by atoms with Crippen molar-refractivity contribution in [2.75, 3.05) is 5.75 Å². The van der Waals surface area contributed by atoms with Crippen molar-refractivity contribution < 1.29 is 9.53 Å². The van der Waals surface area contributed by atoms with Crippen LogP contribution >= 0.6 is 11.8 Å². The molecular formula is C24H30N4O2S. The molecule has 31 heavy (non-hydrogen) atoms. The number of hydrogen-bond donors (Lipinski definition) is 1. The third kappa shape index (κ3) is 6.94. The lowest BCUT2D eigenvalue weighted by molar-refractivity contribution is -0.118. The number of ether oxygens (including phenoxy) is 1. The Balaban J connectivity index is 1.52. The molecule has 164 valence electrons. The number of nitrogens with one attached hydrogen (secondary N) is 1. The Morgan fingerprint density at radius 1 is 1.10 bits per heavy atom. The standard InChI is InChI=1S/C24H30N4O2S/c1-17(2)21-8-10-22(11-9-21)28-16-26-27-24(28)31-15-23(29)25-13-19-6-5-7-20(12-19)14-30-18(3)4/h5-12,16-18H,13-15H2,1-4H3,(H,25,29). The van der Waals surface area contributed by atoms with Gasteiger partial charge < -0.3 is 10.1 Å². The van der Waals surface area contributed by atoms with Crippen LogP contribution in [0.1, 0.15) is 50.3 Å². The van der Waals surface area contributed by atoms with Crippen LogP contribution in [0.25, 0.3) is 5.69 Å². The fraction of sp³-hybridized carbons (Fsp3) is 0.375. The molecule has 0 unspecified atom stereocenters. The summed E-state index contributed by atoms with van der Waals surface area (Å²) in [7, 11) is 0. The van der Waals surface area contributed by atoms with E-state index in [9.17, 15) is 4.79 Å². The highest BCUT2D eigenvalue weighted by Crippen LogP contribution is 2.21. The van der Waals surface area contributed by atoms with E-state index in [0.29, 0.717) is 24.2 Å². The van der Waals surface area contributed by atoms with Crippen LogP contribution in [-0.2, 0) is 22.7 Å². The minimum Gasteiger partial charge on any atom is -0.374 e. The lowest BCUT2D eigenvalue weighted by atomic mass is 10.0. The zero-order valence-electron chi connectivity index (χ0n) is 18.5. The van der Waals surface area contributed by atoms with Gasteiger partial charge in [-0.05, 0) is 48.6 Å². The smallest absolute Gasteiger partial charge is 0.230 e. The largest absolute Gasteiger partial charge is 0.374 e. The van der Waals surface area contributed by atoms with E-state index < -0.39 is 0 Å². The van der Waals surface area contributed by atoms with Crippen LogP contribution in [0.15, 0.2) is 60.0 Å². The van der Waals surface area contributed by atoms with Crippen LogP contribution in [0.4, 0.5) is 0 Å².